The third-order valence-corrected chi connectivity index (χ3v) is 8.79. The van der Waals surface area contributed by atoms with E-state index in [9.17, 15) is 24.1 Å². The van der Waals surface area contributed by atoms with Gasteiger partial charge in [0.1, 0.15) is 30.1 Å². The lowest BCUT2D eigenvalue weighted by Gasteiger charge is -2.30. The van der Waals surface area contributed by atoms with E-state index in [2.05, 4.69) is 35.6 Å². The van der Waals surface area contributed by atoms with E-state index in [1.807, 2.05) is 0 Å². The van der Waals surface area contributed by atoms with E-state index in [1.54, 1.807) is 0 Å². The Kier molecular flexibility index (Phi) is 15.6. The van der Waals surface area contributed by atoms with E-state index < -0.39 is 68.6 Å². The molecule has 5 N–H and O–H groups in total. The molecule has 16 heteroatoms. The summed E-state index contributed by atoms with van der Waals surface area (Å²) in [5, 5.41) is 15.6. The maximum absolute atomic E-state index is 15.6. The van der Waals surface area contributed by atoms with Gasteiger partial charge in [-0.05, 0) is 25.8 Å². The largest absolute Gasteiger partial charge is 0.465 e. The highest BCUT2D eigenvalue weighted by Gasteiger charge is 2.56. The average molecular weight is 648 g/mol. The van der Waals surface area contributed by atoms with Crippen molar-refractivity contribution in [3.8, 4) is 0 Å². The van der Waals surface area contributed by atoms with Gasteiger partial charge in [-0.2, -0.15) is 4.98 Å². The van der Waals surface area contributed by atoms with Crippen molar-refractivity contribution in [2.75, 3.05) is 32.1 Å². The molecule has 1 saturated heterocycles. The van der Waals surface area contributed by atoms with Gasteiger partial charge in [0.25, 0.3) is 0 Å². The number of halogens is 1. The fourth-order valence-electron chi connectivity index (χ4n) is 4.36. The van der Waals surface area contributed by atoms with Crippen molar-refractivity contribution in [2.45, 2.75) is 102 Å². The first-order valence-corrected chi connectivity index (χ1v) is 16.6. The number of esters is 2. The lowest BCUT2D eigenvalue weighted by molar-refractivity contribution is -0.145. The number of hydrogen-bond donors (Lipinski definition) is 4. The van der Waals surface area contributed by atoms with Crippen molar-refractivity contribution >= 4 is 25.4 Å². The Morgan fingerprint density at radius 3 is 2.45 bits per heavy atom. The van der Waals surface area contributed by atoms with E-state index >= 15 is 4.39 Å². The van der Waals surface area contributed by atoms with Crippen molar-refractivity contribution in [1.82, 2.24) is 19.7 Å². The number of anilines is 1. The number of nitrogen functional groups attached to an aromatic ring is 1. The highest BCUT2D eigenvalue weighted by molar-refractivity contribution is 7.54. The molecule has 2 heterocycles. The standard InChI is InChI=1S/C28H47FN5O9P/c1-5-8-10-12-16-40-22(35)18-31-44(39,33-20(4)26(37)41-17-13-11-9-6-2)42-19-28(7-3)24(29)23(36)25(43-28)34-15-14-21(30)32-27(34)38/h7,14-15,20,23-25,36H,3,5-6,8-13,16-19H2,1-2,4H3,(H2,30,32,38)(H2,31,33,39)/t20-,23+,24-,25+,28+,44?/m0/s1. The first-order chi connectivity index (χ1) is 20.9. The molecule has 250 valence electrons. The van der Waals surface area contributed by atoms with Gasteiger partial charge in [0.15, 0.2) is 12.4 Å². The first kappa shape index (κ1) is 37.5. The van der Waals surface area contributed by atoms with Gasteiger partial charge in [-0.3, -0.25) is 18.7 Å². The van der Waals surface area contributed by atoms with Crippen LogP contribution < -0.4 is 21.6 Å². The van der Waals surface area contributed by atoms with Gasteiger partial charge in [0.2, 0.25) is 0 Å². The second kappa shape index (κ2) is 18.3. The summed E-state index contributed by atoms with van der Waals surface area (Å²) in [7, 11) is -4.32. The molecule has 0 radical (unpaired) electrons. The summed E-state index contributed by atoms with van der Waals surface area (Å²) in [4.78, 5) is 40.8. The zero-order chi connectivity index (χ0) is 32.8. The second-order valence-electron chi connectivity index (χ2n) is 10.6. The van der Waals surface area contributed by atoms with E-state index in [1.165, 1.54) is 19.2 Å². The number of carbonyl (C=O) groups is 2. The van der Waals surface area contributed by atoms with Crippen LogP contribution in [0, 0.1) is 0 Å². The Hall–Kier alpha value is -2.68. The Morgan fingerprint density at radius 1 is 1.23 bits per heavy atom. The van der Waals surface area contributed by atoms with Crippen molar-refractivity contribution in [3.63, 3.8) is 0 Å². The van der Waals surface area contributed by atoms with E-state index in [0.717, 1.165) is 49.2 Å². The summed E-state index contributed by atoms with van der Waals surface area (Å²) in [5.74, 6) is -1.52. The summed E-state index contributed by atoms with van der Waals surface area (Å²) in [6.45, 7) is 8.07. The Bertz CT molecular complexity index is 1190. The van der Waals surface area contributed by atoms with Crippen LogP contribution in [0.15, 0.2) is 29.7 Å². The molecule has 14 nitrogen and oxygen atoms in total. The van der Waals surface area contributed by atoms with Gasteiger partial charge in [-0.1, -0.05) is 58.4 Å². The number of nitrogens with two attached hydrogens (primary N) is 1. The number of aromatic nitrogens is 2. The zero-order valence-electron chi connectivity index (χ0n) is 25.7. The van der Waals surface area contributed by atoms with Crippen LogP contribution in [-0.4, -0.2) is 76.9 Å². The van der Waals surface area contributed by atoms with Crippen LogP contribution in [0.25, 0.3) is 0 Å². The topological polar surface area (TPSA) is 193 Å². The number of carbonyl (C=O) groups excluding carboxylic acids is 2. The number of nitrogens with one attached hydrogen (secondary N) is 2. The third kappa shape index (κ3) is 11.0. The van der Waals surface area contributed by atoms with Gasteiger partial charge in [0, 0.05) is 6.20 Å². The second-order valence-corrected chi connectivity index (χ2v) is 12.6. The van der Waals surface area contributed by atoms with Crippen molar-refractivity contribution in [3.05, 3.63) is 35.4 Å². The van der Waals surface area contributed by atoms with Crippen LogP contribution in [0.2, 0.25) is 0 Å². The Morgan fingerprint density at radius 2 is 1.86 bits per heavy atom. The fourth-order valence-corrected chi connectivity index (χ4v) is 5.95. The number of rotatable bonds is 21. The van der Waals surface area contributed by atoms with Crippen LogP contribution in [0.4, 0.5) is 10.2 Å². The van der Waals surface area contributed by atoms with Gasteiger partial charge < -0.3 is 29.6 Å². The molecular weight excluding hydrogens is 600 g/mol. The number of aliphatic hydroxyl groups is 1. The minimum absolute atomic E-state index is 0.0833. The molecule has 0 aromatic carbocycles. The number of nitrogens with zero attached hydrogens (tertiary/aromatic N) is 2. The van der Waals surface area contributed by atoms with Gasteiger partial charge in [0.05, 0.1) is 19.8 Å². The summed E-state index contributed by atoms with van der Waals surface area (Å²) >= 11 is 0. The predicted molar refractivity (Wildman–Crippen MR) is 161 cm³/mol. The third-order valence-electron chi connectivity index (χ3n) is 6.99. The Balaban J connectivity index is 2.16. The van der Waals surface area contributed by atoms with Crippen molar-refractivity contribution < 1.29 is 42.4 Å². The summed E-state index contributed by atoms with van der Waals surface area (Å²) in [6.07, 6.45) is 3.71. The lowest BCUT2D eigenvalue weighted by atomic mass is 9.98. The molecule has 1 unspecified atom stereocenters. The molecule has 0 amide bonds. The highest BCUT2D eigenvalue weighted by atomic mass is 31.2. The molecule has 1 aromatic heterocycles. The Labute approximate surface area is 257 Å². The maximum Gasteiger partial charge on any atom is 0.351 e. The highest BCUT2D eigenvalue weighted by Crippen LogP contribution is 2.45. The fraction of sp³-hybridized carbons (Fsp3) is 0.714. The molecule has 1 aliphatic rings. The predicted octanol–water partition coefficient (Wildman–Crippen LogP) is 2.92. The summed E-state index contributed by atoms with van der Waals surface area (Å²) < 4.78 is 52.1. The number of aliphatic hydroxyl groups excluding tert-OH is 1. The normalized spacial score (nSPS) is 23.5. The van der Waals surface area contributed by atoms with E-state index in [4.69, 9.17) is 24.5 Å². The minimum Gasteiger partial charge on any atom is -0.465 e. The molecule has 1 aliphatic heterocycles. The molecule has 44 heavy (non-hydrogen) atoms. The summed E-state index contributed by atoms with van der Waals surface area (Å²) in [5.41, 5.74) is 2.53. The maximum atomic E-state index is 15.6. The van der Waals surface area contributed by atoms with Crippen molar-refractivity contribution in [1.29, 1.82) is 0 Å². The van der Waals surface area contributed by atoms with Gasteiger partial charge >= 0.3 is 25.3 Å². The molecule has 1 fully saturated rings. The smallest absolute Gasteiger partial charge is 0.351 e. The van der Waals surface area contributed by atoms with E-state index in [0.29, 0.717) is 12.8 Å². The van der Waals surface area contributed by atoms with Gasteiger partial charge in [-0.25, -0.2) is 19.4 Å². The lowest BCUT2D eigenvalue weighted by Crippen LogP contribution is -2.45. The molecule has 2 rings (SSSR count). The SMILES string of the molecule is C=C[C@]1(COP(=O)(NCC(=O)OCCCCCC)N[C@@H](C)C(=O)OCCCCCC)O[C@@H](n2ccc(N)nc2=O)[C@H](O)[C@@H]1F. The number of unbranched alkanes of at least 4 members (excludes halogenated alkanes) is 6. The minimum atomic E-state index is -4.32. The van der Waals surface area contributed by atoms with Crippen LogP contribution in [0.3, 0.4) is 0 Å². The molecule has 1 aromatic rings. The first-order valence-electron chi connectivity index (χ1n) is 15.0. The zero-order valence-corrected chi connectivity index (χ0v) is 26.6. The monoisotopic (exact) mass is 647 g/mol. The van der Waals surface area contributed by atoms with Crippen LogP contribution >= 0.6 is 7.67 Å². The molecule has 0 bridgehead atoms. The quantitative estimate of drug-likeness (QED) is 0.0659. The van der Waals surface area contributed by atoms with Crippen molar-refractivity contribution in [2.24, 2.45) is 0 Å². The molecule has 6 atom stereocenters. The van der Waals surface area contributed by atoms with Crippen LogP contribution in [0.1, 0.15) is 78.4 Å². The molecule has 0 spiro atoms. The number of ether oxygens (including phenoxy) is 3. The molecular formula is C28H47FN5O9P. The average Bonchev–Trinajstić information content (AvgIpc) is 3.24. The summed E-state index contributed by atoms with van der Waals surface area (Å²) in [6, 6.07) is 0.109. The number of hydrogen-bond acceptors (Lipinski definition) is 11. The van der Waals surface area contributed by atoms with Crippen LogP contribution in [0.5, 0.6) is 0 Å². The molecule has 0 aliphatic carbocycles. The van der Waals surface area contributed by atoms with E-state index in [-0.39, 0.29) is 19.0 Å². The van der Waals surface area contributed by atoms with Crippen LogP contribution in [-0.2, 0) is 32.9 Å². The van der Waals surface area contributed by atoms with Gasteiger partial charge in [-0.15, -0.1) is 6.58 Å². The molecule has 0 saturated carbocycles. The number of alkyl halides is 1.